The lowest BCUT2D eigenvalue weighted by atomic mass is 10.1. The fourth-order valence-electron chi connectivity index (χ4n) is 4.57. The Morgan fingerprint density at radius 1 is 0.951 bits per heavy atom. The molecule has 5 rings (SSSR count). The number of halogens is 2. The van der Waals surface area contributed by atoms with Gasteiger partial charge in [-0.1, -0.05) is 23.2 Å². The van der Waals surface area contributed by atoms with Crippen molar-refractivity contribution in [3.8, 4) is 17.0 Å². The van der Waals surface area contributed by atoms with Gasteiger partial charge in [0, 0.05) is 35.1 Å². The maximum absolute atomic E-state index is 12.8. The molecule has 3 aromatic carbocycles. The highest BCUT2D eigenvalue weighted by Gasteiger charge is 2.17. The predicted octanol–water partition coefficient (Wildman–Crippen LogP) is 7.58. The van der Waals surface area contributed by atoms with Gasteiger partial charge in [-0.25, -0.2) is 0 Å². The summed E-state index contributed by atoms with van der Waals surface area (Å²) in [4.78, 5) is 16.8. The molecule has 8 nitrogen and oxygen atoms in total. The lowest BCUT2D eigenvalue weighted by Gasteiger charge is -2.22. The van der Waals surface area contributed by atoms with Crippen molar-refractivity contribution in [2.24, 2.45) is 0 Å². The van der Waals surface area contributed by atoms with Crippen LogP contribution in [-0.4, -0.2) is 39.1 Å². The summed E-state index contributed by atoms with van der Waals surface area (Å²) in [5, 5.41) is 16.2. The molecule has 0 saturated heterocycles. The third-order valence-corrected chi connectivity index (χ3v) is 7.52. The number of aromatic nitrogens is 3. The Morgan fingerprint density at radius 2 is 1.68 bits per heavy atom. The first-order chi connectivity index (χ1) is 19.7. The van der Waals surface area contributed by atoms with E-state index in [1.807, 2.05) is 25.1 Å². The van der Waals surface area contributed by atoms with Crippen LogP contribution in [0, 0.1) is 13.8 Å². The number of hydrogen-bond acceptors (Lipinski definition) is 6. The van der Waals surface area contributed by atoms with E-state index < -0.39 is 5.91 Å². The van der Waals surface area contributed by atoms with Gasteiger partial charge in [0.15, 0.2) is 10.9 Å². The molecule has 2 heterocycles. The van der Waals surface area contributed by atoms with Gasteiger partial charge in [-0.2, -0.15) is 4.80 Å². The number of carbonyl (C=O) groups excluding carboxylic acids is 1. The zero-order valence-electron chi connectivity index (χ0n) is 23.0. The van der Waals surface area contributed by atoms with E-state index in [-0.39, 0.29) is 10.9 Å². The second-order valence-electron chi connectivity index (χ2n) is 9.48. The van der Waals surface area contributed by atoms with E-state index >= 15 is 0 Å². The molecule has 5 aromatic rings. The van der Waals surface area contributed by atoms with Crippen molar-refractivity contribution >= 4 is 68.8 Å². The number of nitrogens with zero attached hydrogens (tertiary/aromatic N) is 4. The van der Waals surface area contributed by atoms with E-state index in [2.05, 4.69) is 48.4 Å². The topological polar surface area (TPSA) is 88.2 Å². The number of furan rings is 1. The molecule has 0 unspecified atom stereocenters. The van der Waals surface area contributed by atoms with Crippen LogP contribution in [0.3, 0.4) is 0 Å². The first kappa shape index (κ1) is 28.6. The van der Waals surface area contributed by atoms with E-state index in [0.29, 0.717) is 32.6 Å². The van der Waals surface area contributed by atoms with Gasteiger partial charge in [0.25, 0.3) is 5.91 Å². The molecule has 0 aliphatic carbocycles. The van der Waals surface area contributed by atoms with Gasteiger partial charge in [-0.15, -0.1) is 10.2 Å². The van der Waals surface area contributed by atoms with E-state index in [1.54, 1.807) is 35.1 Å². The van der Waals surface area contributed by atoms with Gasteiger partial charge in [0.1, 0.15) is 16.8 Å². The fourth-order valence-corrected chi connectivity index (χ4v) is 5.15. The Kier molecular flexibility index (Phi) is 8.30. The summed E-state index contributed by atoms with van der Waals surface area (Å²) in [5.74, 6) is 0.00161. The minimum Gasteiger partial charge on any atom is -0.451 e. The van der Waals surface area contributed by atoms with Crippen LogP contribution in [0.1, 0.15) is 35.5 Å². The summed E-state index contributed by atoms with van der Waals surface area (Å²) >= 11 is 17.8. The van der Waals surface area contributed by atoms with Gasteiger partial charge in [-0.05, 0) is 112 Å². The molecule has 210 valence electrons. The van der Waals surface area contributed by atoms with Crippen LogP contribution in [0.2, 0.25) is 10.0 Å². The smallest absolute Gasteiger partial charge is 0.293 e. The summed E-state index contributed by atoms with van der Waals surface area (Å²) in [5.41, 5.74) is 6.78. The Balaban J connectivity index is 1.31. The highest BCUT2D eigenvalue weighted by atomic mass is 35.5. The quantitative estimate of drug-likeness (QED) is 0.185. The van der Waals surface area contributed by atoms with E-state index in [1.165, 1.54) is 5.69 Å². The highest BCUT2D eigenvalue weighted by molar-refractivity contribution is 7.80. The Morgan fingerprint density at radius 3 is 2.39 bits per heavy atom. The molecule has 0 aliphatic rings. The molecular formula is C30H28Cl2N6O2S. The summed E-state index contributed by atoms with van der Waals surface area (Å²) in [7, 11) is 0. The van der Waals surface area contributed by atoms with Crippen LogP contribution in [-0.2, 0) is 0 Å². The molecule has 0 radical (unpaired) electrons. The molecule has 11 heteroatoms. The molecule has 0 bridgehead atoms. The van der Waals surface area contributed by atoms with Gasteiger partial charge in [-0.3, -0.25) is 10.1 Å². The van der Waals surface area contributed by atoms with Gasteiger partial charge in [0.05, 0.1) is 10.7 Å². The minimum atomic E-state index is -0.500. The maximum atomic E-state index is 12.8. The molecule has 41 heavy (non-hydrogen) atoms. The largest absolute Gasteiger partial charge is 0.451 e. The monoisotopic (exact) mass is 606 g/mol. The number of nitrogens with one attached hydrogen (secondary N) is 2. The second-order valence-corrected chi connectivity index (χ2v) is 10.7. The number of amides is 1. The van der Waals surface area contributed by atoms with Crippen molar-refractivity contribution in [2.45, 2.75) is 27.7 Å². The Hall–Kier alpha value is -3.92. The molecule has 0 spiro atoms. The normalized spacial score (nSPS) is 11.1. The number of anilines is 2. The second kappa shape index (κ2) is 11.9. The van der Waals surface area contributed by atoms with Crippen LogP contribution in [0.5, 0.6) is 0 Å². The zero-order chi connectivity index (χ0) is 29.3. The molecule has 0 aliphatic heterocycles. The van der Waals surface area contributed by atoms with Crippen molar-refractivity contribution < 1.29 is 9.21 Å². The molecule has 1 amide bonds. The van der Waals surface area contributed by atoms with E-state index in [4.69, 9.17) is 50.0 Å². The van der Waals surface area contributed by atoms with Crippen molar-refractivity contribution in [2.75, 3.05) is 23.3 Å². The number of thiocarbonyl (C=S) groups is 1. The average molecular weight is 608 g/mol. The summed E-state index contributed by atoms with van der Waals surface area (Å²) < 4.78 is 5.72. The third-order valence-electron chi connectivity index (χ3n) is 6.75. The zero-order valence-corrected chi connectivity index (χ0v) is 25.3. The highest BCUT2D eigenvalue weighted by Crippen LogP contribution is 2.32. The number of benzene rings is 3. The Labute approximate surface area is 253 Å². The van der Waals surface area contributed by atoms with Gasteiger partial charge in [0.2, 0.25) is 0 Å². The molecule has 2 N–H and O–H groups in total. The number of hydrogen-bond donors (Lipinski definition) is 2. The summed E-state index contributed by atoms with van der Waals surface area (Å²) in [6.45, 7) is 10.2. The molecule has 0 fully saturated rings. The van der Waals surface area contributed by atoms with Gasteiger partial charge < -0.3 is 14.6 Å². The number of fused-ring (bicyclic) bond motifs is 1. The lowest BCUT2D eigenvalue weighted by molar-refractivity contribution is 0.0951. The van der Waals surface area contributed by atoms with E-state index in [0.717, 1.165) is 35.4 Å². The Bertz CT molecular complexity index is 1780. The van der Waals surface area contributed by atoms with Crippen molar-refractivity contribution in [3.63, 3.8) is 0 Å². The molecular weight excluding hydrogens is 579 g/mol. The number of aryl methyl sites for hydroxylation is 2. The number of carbonyl (C=O) groups is 1. The lowest BCUT2D eigenvalue weighted by Crippen LogP contribution is -2.34. The summed E-state index contributed by atoms with van der Waals surface area (Å²) in [6.07, 6.45) is 0. The van der Waals surface area contributed by atoms with Crippen molar-refractivity contribution in [1.29, 1.82) is 0 Å². The number of rotatable bonds is 7. The average Bonchev–Trinajstić information content (AvgIpc) is 3.58. The van der Waals surface area contributed by atoms with Crippen molar-refractivity contribution in [3.05, 3.63) is 87.6 Å². The molecule has 0 saturated carbocycles. The van der Waals surface area contributed by atoms with Crippen LogP contribution < -0.4 is 15.5 Å². The van der Waals surface area contributed by atoms with E-state index in [9.17, 15) is 4.79 Å². The van der Waals surface area contributed by atoms with Crippen LogP contribution >= 0.6 is 35.4 Å². The minimum absolute atomic E-state index is 0.0812. The molecule has 2 aromatic heterocycles. The first-order valence-corrected chi connectivity index (χ1v) is 14.2. The predicted molar refractivity (Wildman–Crippen MR) is 170 cm³/mol. The summed E-state index contributed by atoms with van der Waals surface area (Å²) in [6, 6.07) is 18.3. The van der Waals surface area contributed by atoms with Crippen LogP contribution in [0.4, 0.5) is 11.4 Å². The van der Waals surface area contributed by atoms with Crippen molar-refractivity contribution in [1.82, 2.24) is 20.3 Å². The molecule has 0 atom stereocenters. The maximum Gasteiger partial charge on any atom is 0.293 e. The third kappa shape index (κ3) is 6.07. The standard InChI is InChI=1S/C30H28Cl2N6O2S/c1-5-37(6-2)20-8-10-26(18(4)13-20)38-35-24-14-17(3)23(16-25(24)36-38)33-30(41)34-29(39)28-12-11-27(40-28)21-15-19(31)7-9-22(21)32/h7-16H,5-6H2,1-4H3,(H2,33,34,39,41). The fraction of sp³-hybridized carbons (Fsp3) is 0.200. The van der Waals surface area contributed by atoms with Crippen LogP contribution in [0.15, 0.2) is 65.1 Å². The SMILES string of the molecule is CCN(CC)c1ccc(-n2nc3cc(C)c(NC(=S)NC(=O)c4ccc(-c5cc(Cl)ccc5Cl)o4)cc3n2)c(C)c1. The van der Waals surface area contributed by atoms with Gasteiger partial charge >= 0.3 is 0 Å². The first-order valence-electron chi connectivity index (χ1n) is 13.1. The van der Waals surface area contributed by atoms with Crippen LogP contribution in [0.25, 0.3) is 28.0 Å².